The van der Waals surface area contributed by atoms with E-state index in [-0.39, 0.29) is 29.5 Å². The Morgan fingerprint density at radius 1 is 0.964 bits per heavy atom. The number of anilines is 1. The molecule has 2 aromatic carbocycles. The lowest BCUT2D eigenvalue weighted by molar-refractivity contribution is -0.125. The predicted octanol–water partition coefficient (Wildman–Crippen LogP) is 2.53. The number of fused-ring (bicyclic) bond motifs is 1. The fourth-order valence-corrected chi connectivity index (χ4v) is 3.24. The van der Waals surface area contributed by atoms with Gasteiger partial charge in [0.1, 0.15) is 19.0 Å². The van der Waals surface area contributed by atoms with Crippen molar-refractivity contribution in [1.82, 2.24) is 5.32 Å². The van der Waals surface area contributed by atoms with Gasteiger partial charge in [-0.2, -0.15) is 0 Å². The molecule has 2 amide bonds. The van der Waals surface area contributed by atoms with Gasteiger partial charge < -0.3 is 20.1 Å². The van der Waals surface area contributed by atoms with Gasteiger partial charge in [0, 0.05) is 18.3 Å². The summed E-state index contributed by atoms with van der Waals surface area (Å²) in [4.78, 5) is 24.6. The van der Waals surface area contributed by atoms with Crippen LogP contribution in [0.4, 0.5) is 10.1 Å². The third kappa shape index (κ3) is 4.24. The lowest BCUT2D eigenvalue weighted by Gasteiger charge is -2.19. The third-order valence-electron chi connectivity index (χ3n) is 4.90. The molecule has 1 aliphatic heterocycles. The van der Waals surface area contributed by atoms with Gasteiger partial charge in [-0.05, 0) is 42.7 Å². The molecule has 2 aliphatic rings. The topological polar surface area (TPSA) is 76.7 Å². The first-order valence-electron chi connectivity index (χ1n) is 9.33. The number of benzene rings is 2. The van der Waals surface area contributed by atoms with Crippen LogP contribution < -0.4 is 20.1 Å². The standard InChI is InChI=1S/C21H21FN2O4/c22-14-3-1-13(2-4-14)7-8-23-20(25)16-12-17(16)21(26)24-15-5-6-18-19(11-15)28-10-9-27-18/h1-6,11,16-17H,7-10,12H2,(H,23,25)(H,24,26). The molecule has 1 aliphatic carbocycles. The van der Waals surface area contributed by atoms with Crippen molar-refractivity contribution < 1.29 is 23.5 Å². The van der Waals surface area contributed by atoms with Crippen LogP contribution in [-0.2, 0) is 16.0 Å². The van der Waals surface area contributed by atoms with Crippen molar-refractivity contribution in [2.45, 2.75) is 12.8 Å². The second-order valence-corrected chi connectivity index (χ2v) is 6.96. The fraction of sp³-hybridized carbons (Fsp3) is 0.333. The second-order valence-electron chi connectivity index (χ2n) is 6.96. The molecular formula is C21H21FN2O4. The van der Waals surface area contributed by atoms with Gasteiger partial charge in [-0.25, -0.2) is 4.39 Å². The molecule has 1 heterocycles. The molecule has 0 spiro atoms. The SMILES string of the molecule is O=C(NCCc1ccc(F)cc1)C1CC1C(=O)Nc1ccc2c(c1)OCCO2. The molecule has 1 saturated carbocycles. The molecule has 4 rings (SSSR count). The van der Waals surface area contributed by atoms with Crippen molar-refractivity contribution in [3.8, 4) is 11.5 Å². The van der Waals surface area contributed by atoms with E-state index in [9.17, 15) is 14.0 Å². The van der Waals surface area contributed by atoms with Crippen molar-refractivity contribution in [3.63, 3.8) is 0 Å². The van der Waals surface area contributed by atoms with Crippen LogP contribution >= 0.6 is 0 Å². The first-order chi connectivity index (χ1) is 13.6. The summed E-state index contributed by atoms with van der Waals surface area (Å²) in [5.41, 5.74) is 1.57. The Morgan fingerprint density at radius 3 is 2.46 bits per heavy atom. The van der Waals surface area contributed by atoms with Gasteiger partial charge >= 0.3 is 0 Å². The van der Waals surface area contributed by atoms with Crippen molar-refractivity contribution in [1.29, 1.82) is 0 Å². The van der Waals surface area contributed by atoms with Gasteiger partial charge in [-0.3, -0.25) is 9.59 Å². The smallest absolute Gasteiger partial charge is 0.228 e. The average Bonchev–Trinajstić information content (AvgIpc) is 3.50. The first-order valence-corrected chi connectivity index (χ1v) is 9.33. The molecule has 0 radical (unpaired) electrons. The van der Waals surface area contributed by atoms with Crippen LogP contribution in [0.1, 0.15) is 12.0 Å². The molecule has 0 aromatic heterocycles. The summed E-state index contributed by atoms with van der Waals surface area (Å²) >= 11 is 0. The summed E-state index contributed by atoms with van der Waals surface area (Å²) in [6, 6.07) is 11.4. The predicted molar refractivity (Wildman–Crippen MR) is 101 cm³/mol. The second kappa shape index (κ2) is 7.88. The number of carbonyl (C=O) groups is 2. The van der Waals surface area contributed by atoms with Crippen molar-refractivity contribution in [2.24, 2.45) is 11.8 Å². The molecule has 0 saturated heterocycles. The number of hydrogen-bond donors (Lipinski definition) is 2. The van der Waals surface area contributed by atoms with E-state index in [0.717, 1.165) is 5.56 Å². The van der Waals surface area contributed by atoms with Gasteiger partial charge in [0.15, 0.2) is 11.5 Å². The number of hydrogen-bond acceptors (Lipinski definition) is 4. The normalized spacial score (nSPS) is 19.6. The van der Waals surface area contributed by atoms with E-state index in [4.69, 9.17) is 9.47 Å². The molecule has 2 N–H and O–H groups in total. The molecule has 2 aromatic rings. The highest BCUT2D eigenvalue weighted by Gasteiger charge is 2.47. The van der Waals surface area contributed by atoms with E-state index in [1.807, 2.05) is 0 Å². The van der Waals surface area contributed by atoms with E-state index in [1.54, 1.807) is 30.3 Å². The summed E-state index contributed by atoms with van der Waals surface area (Å²) < 4.78 is 23.9. The molecule has 2 atom stereocenters. The number of amides is 2. The van der Waals surface area contributed by atoms with E-state index < -0.39 is 0 Å². The summed E-state index contributed by atoms with van der Waals surface area (Å²) in [6.45, 7) is 1.45. The minimum atomic E-state index is -0.320. The van der Waals surface area contributed by atoms with E-state index in [2.05, 4.69) is 10.6 Å². The highest BCUT2D eigenvalue weighted by Crippen LogP contribution is 2.40. The third-order valence-corrected chi connectivity index (χ3v) is 4.90. The molecule has 1 fully saturated rings. The van der Waals surface area contributed by atoms with Gasteiger partial charge in [0.25, 0.3) is 0 Å². The maximum Gasteiger partial charge on any atom is 0.228 e. The van der Waals surface area contributed by atoms with Gasteiger partial charge in [0.05, 0.1) is 11.8 Å². The number of nitrogens with one attached hydrogen (secondary N) is 2. The quantitative estimate of drug-likeness (QED) is 0.803. The lowest BCUT2D eigenvalue weighted by Crippen LogP contribution is -2.29. The lowest BCUT2D eigenvalue weighted by atomic mass is 10.1. The Hall–Kier alpha value is -3.09. The number of carbonyl (C=O) groups excluding carboxylic acids is 2. The maximum atomic E-state index is 12.9. The first kappa shape index (κ1) is 18.3. The maximum absolute atomic E-state index is 12.9. The molecule has 28 heavy (non-hydrogen) atoms. The molecule has 2 unspecified atom stereocenters. The molecule has 7 heteroatoms. The average molecular weight is 384 g/mol. The monoisotopic (exact) mass is 384 g/mol. The Balaban J connectivity index is 1.23. The summed E-state index contributed by atoms with van der Waals surface area (Å²) in [6.07, 6.45) is 1.16. The number of halogens is 1. The van der Waals surface area contributed by atoms with Crippen LogP contribution in [0.25, 0.3) is 0 Å². The van der Waals surface area contributed by atoms with Crippen molar-refractivity contribution >= 4 is 17.5 Å². The largest absolute Gasteiger partial charge is 0.486 e. The van der Waals surface area contributed by atoms with Crippen molar-refractivity contribution in [2.75, 3.05) is 25.1 Å². The van der Waals surface area contributed by atoms with E-state index >= 15 is 0 Å². The Labute approximate surface area is 162 Å². The molecular weight excluding hydrogens is 363 g/mol. The van der Waals surface area contributed by atoms with Gasteiger partial charge in [-0.15, -0.1) is 0 Å². The fourth-order valence-electron chi connectivity index (χ4n) is 3.24. The minimum absolute atomic E-state index is 0.121. The Bertz CT molecular complexity index is 884. The zero-order valence-electron chi connectivity index (χ0n) is 15.2. The zero-order valence-corrected chi connectivity index (χ0v) is 15.2. The zero-order chi connectivity index (χ0) is 19.5. The number of ether oxygens (including phenoxy) is 2. The summed E-state index contributed by atoms with van der Waals surface area (Å²) in [7, 11) is 0. The van der Waals surface area contributed by atoms with Crippen LogP contribution in [0.3, 0.4) is 0 Å². The van der Waals surface area contributed by atoms with Crippen molar-refractivity contribution in [3.05, 3.63) is 53.8 Å². The van der Waals surface area contributed by atoms with Crippen LogP contribution in [0, 0.1) is 17.7 Å². The van der Waals surface area contributed by atoms with E-state index in [0.29, 0.717) is 49.8 Å². The molecule has 146 valence electrons. The Morgan fingerprint density at radius 2 is 1.68 bits per heavy atom. The summed E-state index contributed by atoms with van der Waals surface area (Å²) in [5, 5.41) is 5.68. The van der Waals surface area contributed by atoms with Crippen LogP contribution in [0.5, 0.6) is 11.5 Å². The van der Waals surface area contributed by atoms with Gasteiger partial charge in [-0.1, -0.05) is 12.1 Å². The highest BCUT2D eigenvalue weighted by atomic mass is 19.1. The molecule has 0 bridgehead atoms. The highest BCUT2D eigenvalue weighted by molar-refractivity contribution is 5.99. The Kier molecular flexibility index (Phi) is 5.14. The number of rotatable bonds is 6. The van der Waals surface area contributed by atoms with Crippen LogP contribution in [-0.4, -0.2) is 31.6 Å². The minimum Gasteiger partial charge on any atom is -0.486 e. The van der Waals surface area contributed by atoms with E-state index in [1.165, 1.54) is 12.1 Å². The van der Waals surface area contributed by atoms with Gasteiger partial charge in [0.2, 0.25) is 11.8 Å². The van der Waals surface area contributed by atoms with Crippen LogP contribution in [0.2, 0.25) is 0 Å². The molecule has 6 nitrogen and oxygen atoms in total. The van der Waals surface area contributed by atoms with Crippen LogP contribution in [0.15, 0.2) is 42.5 Å². The summed E-state index contributed by atoms with van der Waals surface area (Å²) in [5.74, 6) is 0.0749.